The van der Waals surface area contributed by atoms with Crippen molar-refractivity contribution in [3.63, 3.8) is 0 Å². The zero-order chi connectivity index (χ0) is 13.8. The Morgan fingerprint density at radius 2 is 2.11 bits per heavy atom. The van der Waals surface area contributed by atoms with Gasteiger partial charge in [0.25, 0.3) is 0 Å². The van der Waals surface area contributed by atoms with E-state index in [1.807, 2.05) is 0 Å². The summed E-state index contributed by atoms with van der Waals surface area (Å²) in [5.41, 5.74) is 6.20. The van der Waals surface area contributed by atoms with Crippen LogP contribution in [0.1, 0.15) is 30.7 Å². The smallest absolute Gasteiger partial charge is 0.0702 e. The second kappa shape index (κ2) is 7.18. The van der Waals surface area contributed by atoms with E-state index in [0.29, 0.717) is 6.04 Å². The van der Waals surface area contributed by atoms with E-state index in [0.717, 1.165) is 13.1 Å². The van der Waals surface area contributed by atoms with Gasteiger partial charge < -0.3 is 10.6 Å². The fourth-order valence-corrected chi connectivity index (χ4v) is 4.52. The van der Waals surface area contributed by atoms with Crippen LogP contribution in [0.3, 0.4) is 0 Å². The highest BCUT2D eigenvalue weighted by atomic mass is 79.9. The predicted octanol–water partition coefficient (Wildman–Crippen LogP) is 2.93. The quantitative estimate of drug-likeness (QED) is 0.860. The van der Waals surface area contributed by atoms with Crippen LogP contribution in [-0.2, 0) is 0 Å². The van der Waals surface area contributed by atoms with E-state index >= 15 is 0 Å². The lowest BCUT2D eigenvalue weighted by atomic mass is 10.1. The van der Waals surface area contributed by atoms with E-state index in [1.54, 1.807) is 11.3 Å². The fourth-order valence-electron chi connectivity index (χ4n) is 2.81. The Kier molecular flexibility index (Phi) is 5.84. The summed E-state index contributed by atoms with van der Waals surface area (Å²) in [6, 6.07) is 4.77. The fraction of sp³-hybridized carbons (Fsp3) is 0.714. The Labute approximate surface area is 128 Å². The summed E-state index contributed by atoms with van der Waals surface area (Å²) >= 11 is 5.33. The summed E-state index contributed by atoms with van der Waals surface area (Å²) in [6.45, 7) is 6.88. The van der Waals surface area contributed by atoms with Gasteiger partial charge in [-0.2, -0.15) is 0 Å². The Balaban J connectivity index is 1.94. The molecule has 19 heavy (non-hydrogen) atoms. The average molecular weight is 346 g/mol. The first-order valence-corrected chi connectivity index (χ1v) is 8.62. The molecule has 2 heterocycles. The lowest BCUT2D eigenvalue weighted by Gasteiger charge is -2.31. The molecule has 1 aliphatic rings. The molecule has 1 aromatic heterocycles. The van der Waals surface area contributed by atoms with Crippen LogP contribution in [0.4, 0.5) is 0 Å². The van der Waals surface area contributed by atoms with Crippen LogP contribution in [0.2, 0.25) is 0 Å². The third kappa shape index (κ3) is 4.26. The Morgan fingerprint density at radius 1 is 1.42 bits per heavy atom. The zero-order valence-electron chi connectivity index (χ0n) is 11.8. The molecular formula is C14H24BrN3S. The van der Waals surface area contributed by atoms with Gasteiger partial charge in [0, 0.05) is 24.0 Å². The highest BCUT2D eigenvalue weighted by Gasteiger charge is 2.23. The van der Waals surface area contributed by atoms with Crippen molar-refractivity contribution in [1.82, 2.24) is 9.80 Å². The molecule has 1 fully saturated rings. The van der Waals surface area contributed by atoms with E-state index in [-0.39, 0.29) is 6.04 Å². The summed E-state index contributed by atoms with van der Waals surface area (Å²) in [5.74, 6) is 0. The van der Waals surface area contributed by atoms with Gasteiger partial charge in [-0.1, -0.05) is 0 Å². The molecule has 3 nitrogen and oxygen atoms in total. The van der Waals surface area contributed by atoms with E-state index in [9.17, 15) is 0 Å². The molecule has 0 amide bonds. The first-order chi connectivity index (χ1) is 9.08. The Morgan fingerprint density at radius 3 is 2.63 bits per heavy atom. The normalized spacial score (nSPS) is 20.1. The predicted molar refractivity (Wildman–Crippen MR) is 86.7 cm³/mol. The van der Waals surface area contributed by atoms with Gasteiger partial charge in [0.05, 0.1) is 9.83 Å². The van der Waals surface area contributed by atoms with Gasteiger partial charge in [0.1, 0.15) is 0 Å². The van der Waals surface area contributed by atoms with Crippen LogP contribution < -0.4 is 5.73 Å². The first-order valence-electron chi connectivity index (χ1n) is 7.01. The van der Waals surface area contributed by atoms with Crippen LogP contribution in [0.25, 0.3) is 0 Å². The number of likely N-dealkylation sites (N-methyl/N-ethyl adjacent to an activating group) is 1. The first kappa shape index (κ1) is 15.4. The standard InChI is InChI=1S/C14H24BrN3S/c1-11(16)14(12-5-6-13(15)19-12)17(2)9-10-18-7-3-4-8-18/h5-6,11,14H,3-4,7-10,16H2,1-2H3. The molecule has 5 heteroatoms. The summed E-state index contributed by atoms with van der Waals surface area (Å²) in [6.07, 6.45) is 2.72. The van der Waals surface area contributed by atoms with Gasteiger partial charge in [-0.15, -0.1) is 11.3 Å². The number of thiophene rings is 1. The molecule has 108 valence electrons. The average Bonchev–Trinajstić information content (AvgIpc) is 2.98. The minimum atomic E-state index is 0.147. The minimum absolute atomic E-state index is 0.147. The number of hydrogen-bond acceptors (Lipinski definition) is 4. The monoisotopic (exact) mass is 345 g/mol. The SMILES string of the molecule is CC(N)C(c1ccc(Br)s1)N(C)CCN1CCCC1. The maximum Gasteiger partial charge on any atom is 0.0702 e. The van der Waals surface area contributed by atoms with E-state index in [2.05, 4.69) is 51.8 Å². The van der Waals surface area contributed by atoms with Crippen molar-refractivity contribution in [2.75, 3.05) is 33.2 Å². The molecule has 2 atom stereocenters. The summed E-state index contributed by atoms with van der Waals surface area (Å²) in [7, 11) is 2.19. The van der Waals surface area contributed by atoms with E-state index in [1.165, 1.54) is 34.6 Å². The molecule has 2 unspecified atom stereocenters. The van der Waals surface area contributed by atoms with Crippen molar-refractivity contribution < 1.29 is 0 Å². The summed E-state index contributed by atoms with van der Waals surface area (Å²) < 4.78 is 1.18. The van der Waals surface area contributed by atoms with Crippen LogP contribution >= 0.6 is 27.3 Å². The summed E-state index contributed by atoms with van der Waals surface area (Å²) in [5, 5.41) is 0. The van der Waals surface area contributed by atoms with Gasteiger partial charge in [-0.3, -0.25) is 4.90 Å². The molecule has 0 saturated carbocycles. The van der Waals surface area contributed by atoms with Gasteiger partial charge in [0.15, 0.2) is 0 Å². The molecule has 2 rings (SSSR count). The molecule has 0 spiro atoms. The zero-order valence-corrected chi connectivity index (χ0v) is 14.2. The molecule has 1 aliphatic heterocycles. The van der Waals surface area contributed by atoms with Crippen LogP contribution in [0.5, 0.6) is 0 Å². The van der Waals surface area contributed by atoms with Crippen LogP contribution in [0.15, 0.2) is 15.9 Å². The molecule has 0 aliphatic carbocycles. The number of hydrogen-bond donors (Lipinski definition) is 1. The van der Waals surface area contributed by atoms with Crippen molar-refractivity contribution in [3.8, 4) is 0 Å². The number of nitrogens with two attached hydrogens (primary N) is 1. The minimum Gasteiger partial charge on any atom is -0.326 e. The van der Waals surface area contributed by atoms with Gasteiger partial charge >= 0.3 is 0 Å². The topological polar surface area (TPSA) is 32.5 Å². The molecule has 1 saturated heterocycles. The van der Waals surface area contributed by atoms with E-state index in [4.69, 9.17) is 5.73 Å². The van der Waals surface area contributed by atoms with Gasteiger partial charge in [-0.05, 0) is 68.0 Å². The Bertz CT molecular complexity index is 388. The lowest BCUT2D eigenvalue weighted by molar-refractivity contribution is 0.191. The molecule has 0 bridgehead atoms. The Hall–Kier alpha value is 0.0600. The maximum absolute atomic E-state index is 6.20. The van der Waals surface area contributed by atoms with Gasteiger partial charge in [0.2, 0.25) is 0 Å². The highest BCUT2D eigenvalue weighted by Crippen LogP contribution is 2.31. The second-order valence-electron chi connectivity index (χ2n) is 5.48. The van der Waals surface area contributed by atoms with Crippen molar-refractivity contribution in [1.29, 1.82) is 0 Å². The van der Waals surface area contributed by atoms with Crippen molar-refractivity contribution in [2.24, 2.45) is 5.73 Å². The lowest BCUT2D eigenvalue weighted by Crippen LogP contribution is -2.40. The van der Waals surface area contributed by atoms with Crippen molar-refractivity contribution in [3.05, 3.63) is 20.8 Å². The highest BCUT2D eigenvalue weighted by molar-refractivity contribution is 9.11. The third-order valence-corrected chi connectivity index (χ3v) is 5.52. The van der Waals surface area contributed by atoms with E-state index < -0.39 is 0 Å². The largest absolute Gasteiger partial charge is 0.326 e. The summed E-state index contributed by atoms with van der Waals surface area (Å²) in [4.78, 5) is 6.31. The number of rotatable bonds is 6. The van der Waals surface area contributed by atoms with Gasteiger partial charge in [-0.25, -0.2) is 0 Å². The molecule has 2 N–H and O–H groups in total. The second-order valence-corrected chi connectivity index (χ2v) is 7.97. The molecule has 1 aromatic rings. The molecule has 0 radical (unpaired) electrons. The maximum atomic E-state index is 6.20. The number of halogens is 1. The molecular weight excluding hydrogens is 322 g/mol. The number of likely N-dealkylation sites (tertiary alicyclic amines) is 1. The number of nitrogens with zero attached hydrogens (tertiary/aromatic N) is 2. The third-order valence-electron chi connectivity index (χ3n) is 3.83. The van der Waals surface area contributed by atoms with Crippen molar-refractivity contribution in [2.45, 2.75) is 31.8 Å². The molecule has 0 aromatic carbocycles. The van der Waals surface area contributed by atoms with Crippen molar-refractivity contribution >= 4 is 27.3 Å². The van der Waals surface area contributed by atoms with Crippen LogP contribution in [-0.4, -0.2) is 49.1 Å². The van der Waals surface area contributed by atoms with Crippen LogP contribution in [0, 0.1) is 0 Å².